The van der Waals surface area contributed by atoms with Gasteiger partial charge in [0.15, 0.2) is 0 Å². The summed E-state index contributed by atoms with van der Waals surface area (Å²) in [6.45, 7) is 6.22. The Morgan fingerprint density at radius 3 is 2.50 bits per heavy atom. The largest absolute Gasteiger partial charge is 0.481 e. The van der Waals surface area contributed by atoms with Crippen LogP contribution in [0.15, 0.2) is 0 Å². The number of hydrogen-bond acceptors (Lipinski definition) is 3. The monoisotopic (exact) mass is 278 g/mol. The molecule has 0 amide bonds. The fourth-order valence-corrected chi connectivity index (χ4v) is 3.59. The second-order valence-electron chi connectivity index (χ2n) is 5.10. The van der Waals surface area contributed by atoms with E-state index in [2.05, 4.69) is 4.72 Å². The van der Waals surface area contributed by atoms with Gasteiger partial charge in [-0.05, 0) is 18.8 Å². The average molecular weight is 278 g/mol. The molecule has 0 radical (unpaired) electrons. The molecule has 0 spiro atoms. The van der Waals surface area contributed by atoms with Crippen molar-refractivity contribution in [1.82, 2.24) is 9.03 Å². The normalized spacial score (nSPS) is 25.8. The first kappa shape index (κ1) is 15.4. The lowest BCUT2D eigenvalue weighted by molar-refractivity contribution is -0.150. The van der Waals surface area contributed by atoms with Crippen molar-refractivity contribution in [2.24, 2.45) is 11.3 Å². The molecule has 1 unspecified atom stereocenters. The molecule has 1 aliphatic heterocycles. The van der Waals surface area contributed by atoms with E-state index in [9.17, 15) is 18.3 Å². The lowest BCUT2D eigenvalue weighted by Crippen LogP contribution is -2.44. The van der Waals surface area contributed by atoms with Gasteiger partial charge in [0.1, 0.15) is 0 Å². The zero-order chi connectivity index (χ0) is 14.0. The Morgan fingerprint density at radius 1 is 1.50 bits per heavy atom. The molecule has 2 N–H and O–H groups in total. The SMILES string of the molecule is CCCNS(=O)(=O)N1CCC(C(=O)O)(C(C)C)C1. The van der Waals surface area contributed by atoms with E-state index in [0.29, 0.717) is 19.4 Å². The predicted molar refractivity (Wildman–Crippen MR) is 68.3 cm³/mol. The zero-order valence-electron chi connectivity index (χ0n) is 11.1. The first-order chi connectivity index (χ1) is 8.26. The molecule has 0 aliphatic carbocycles. The highest BCUT2D eigenvalue weighted by Gasteiger charge is 2.50. The molecule has 18 heavy (non-hydrogen) atoms. The summed E-state index contributed by atoms with van der Waals surface area (Å²) >= 11 is 0. The fourth-order valence-electron chi connectivity index (χ4n) is 2.22. The number of aliphatic carboxylic acids is 1. The van der Waals surface area contributed by atoms with Gasteiger partial charge in [-0.25, -0.2) is 4.72 Å². The number of carboxylic acid groups (broad SMARTS) is 1. The minimum atomic E-state index is -3.54. The third kappa shape index (κ3) is 2.84. The minimum absolute atomic E-state index is 0.0546. The van der Waals surface area contributed by atoms with Crippen molar-refractivity contribution < 1.29 is 18.3 Å². The molecular formula is C11H22N2O4S. The molecule has 1 saturated heterocycles. The number of nitrogens with one attached hydrogen (secondary N) is 1. The highest BCUT2D eigenvalue weighted by atomic mass is 32.2. The summed E-state index contributed by atoms with van der Waals surface area (Å²) in [5.74, 6) is -1.01. The first-order valence-corrected chi connectivity index (χ1v) is 7.68. The fraction of sp³-hybridized carbons (Fsp3) is 0.909. The van der Waals surface area contributed by atoms with Gasteiger partial charge in [-0.15, -0.1) is 0 Å². The summed E-state index contributed by atoms with van der Waals surface area (Å²) < 4.78 is 27.6. The Labute approximate surface area is 109 Å². The van der Waals surface area contributed by atoms with Gasteiger partial charge in [0.2, 0.25) is 0 Å². The Hall–Kier alpha value is -0.660. The third-order valence-corrected chi connectivity index (χ3v) is 5.23. The molecular weight excluding hydrogens is 256 g/mol. The van der Waals surface area contributed by atoms with Crippen molar-refractivity contribution in [3.63, 3.8) is 0 Å². The van der Waals surface area contributed by atoms with E-state index in [1.165, 1.54) is 4.31 Å². The average Bonchev–Trinajstić information content (AvgIpc) is 2.73. The molecule has 0 saturated carbocycles. The summed E-state index contributed by atoms with van der Waals surface area (Å²) in [6.07, 6.45) is 1.08. The Bertz CT molecular complexity index is 407. The summed E-state index contributed by atoms with van der Waals surface area (Å²) in [7, 11) is -3.54. The maximum Gasteiger partial charge on any atom is 0.311 e. The van der Waals surface area contributed by atoms with E-state index < -0.39 is 21.6 Å². The van der Waals surface area contributed by atoms with Crippen molar-refractivity contribution in [2.45, 2.75) is 33.6 Å². The van der Waals surface area contributed by atoms with E-state index in [0.717, 1.165) is 0 Å². The Balaban J connectivity index is 2.85. The molecule has 0 aromatic carbocycles. The molecule has 0 bridgehead atoms. The van der Waals surface area contributed by atoms with Crippen LogP contribution in [0.5, 0.6) is 0 Å². The minimum Gasteiger partial charge on any atom is -0.481 e. The third-order valence-electron chi connectivity index (χ3n) is 3.67. The number of carboxylic acids is 1. The Morgan fingerprint density at radius 2 is 2.11 bits per heavy atom. The molecule has 1 aliphatic rings. The smallest absolute Gasteiger partial charge is 0.311 e. The summed E-state index contributed by atoms with van der Waals surface area (Å²) in [5.41, 5.74) is -0.957. The number of hydrogen-bond donors (Lipinski definition) is 2. The second-order valence-corrected chi connectivity index (χ2v) is 6.85. The van der Waals surface area contributed by atoms with E-state index in [1.807, 2.05) is 20.8 Å². The van der Waals surface area contributed by atoms with Crippen molar-refractivity contribution in [3.8, 4) is 0 Å². The molecule has 1 fully saturated rings. The summed E-state index contributed by atoms with van der Waals surface area (Å²) in [4.78, 5) is 11.4. The van der Waals surface area contributed by atoms with Crippen LogP contribution in [0.25, 0.3) is 0 Å². The Kier molecular flexibility index (Phi) is 4.74. The van der Waals surface area contributed by atoms with Gasteiger partial charge < -0.3 is 5.11 Å². The first-order valence-electron chi connectivity index (χ1n) is 6.24. The maximum atomic E-state index is 11.9. The van der Waals surface area contributed by atoms with Crippen LogP contribution in [0.1, 0.15) is 33.6 Å². The van der Waals surface area contributed by atoms with Gasteiger partial charge in [0, 0.05) is 19.6 Å². The van der Waals surface area contributed by atoms with Crippen LogP contribution in [0.4, 0.5) is 0 Å². The highest BCUT2D eigenvalue weighted by molar-refractivity contribution is 7.87. The highest BCUT2D eigenvalue weighted by Crippen LogP contribution is 2.38. The van der Waals surface area contributed by atoms with Crippen LogP contribution in [-0.4, -0.2) is 43.4 Å². The lowest BCUT2D eigenvalue weighted by atomic mass is 9.77. The zero-order valence-corrected chi connectivity index (χ0v) is 12.0. The van der Waals surface area contributed by atoms with E-state index in [4.69, 9.17) is 0 Å². The molecule has 106 valence electrons. The summed E-state index contributed by atoms with van der Waals surface area (Å²) in [6, 6.07) is 0. The molecule has 0 aromatic heterocycles. The van der Waals surface area contributed by atoms with Gasteiger partial charge in [0.25, 0.3) is 10.2 Å². The van der Waals surface area contributed by atoms with Crippen LogP contribution in [0.3, 0.4) is 0 Å². The van der Waals surface area contributed by atoms with Crippen molar-refractivity contribution in [2.75, 3.05) is 19.6 Å². The number of carbonyl (C=O) groups is 1. The van der Waals surface area contributed by atoms with E-state index >= 15 is 0 Å². The van der Waals surface area contributed by atoms with Crippen molar-refractivity contribution in [3.05, 3.63) is 0 Å². The molecule has 6 nitrogen and oxygen atoms in total. The lowest BCUT2D eigenvalue weighted by Gasteiger charge is -2.28. The van der Waals surface area contributed by atoms with Crippen molar-refractivity contribution >= 4 is 16.2 Å². The van der Waals surface area contributed by atoms with Gasteiger partial charge >= 0.3 is 5.97 Å². The standard InChI is InChI=1S/C11H22N2O4S/c1-4-6-12-18(16,17)13-7-5-11(8-13,9(2)3)10(14)15/h9,12H,4-8H2,1-3H3,(H,14,15). The topological polar surface area (TPSA) is 86.7 Å². The van der Waals surface area contributed by atoms with E-state index in [1.54, 1.807) is 0 Å². The second kappa shape index (κ2) is 5.54. The molecule has 1 atom stereocenters. The predicted octanol–water partition coefficient (Wildman–Crippen LogP) is 0.664. The van der Waals surface area contributed by atoms with Crippen LogP contribution >= 0.6 is 0 Å². The number of rotatable bonds is 6. The molecule has 0 aromatic rings. The van der Waals surface area contributed by atoms with Gasteiger partial charge in [-0.3, -0.25) is 4.79 Å². The maximum absolute atomic E-state index is 11.9. The quantitative estimate of drug-likeness (QED) is 0.747. The van der Waals surface area contributed by atoms with Crippen LogP contribution in [0, 0.1) is 11.3 Å². The van der Waals surface area contributed by atoms with Gasteiger partial charge in [0.05, 0.1) is 5.41 Å². The molecule has 1 rings (SSSR count). The summed E-state index contributed by atoms with van der Waals surface area (Å²) in [5, 5.41) is 9.35. The van der Waals surface area contributed by atoms with Crippen molar-refractivity contribution in [1.29, 1.82) is 0 Å². The van der Waals surface area contributed by atoms with Crippen LogP contribution in [-0.2, 0) is 15.0 Å². The molecule has 1 heterocycles. The van der Waals surface area contributed by atoms with Gasteiger partial charge in [-0.2, -0.15) is 12.7 Å². The molecule has 7 heteroatoms. The van der Waals surface area contributed by atoms with Gasteiger partial charge in [-0.1, -0.05) is 20.8 Å². The van der Waals surface area contributed by atoms with E-state index in [-0.39, 0.29) is 19.0 Å². The van der Waals surface area contributed by atoms with Crippen LogP contribution < -0.4 is 4.72 Å². The van der Waals surface area contributed by atoms with Crippen LogP contribution in [0.2, 0.25) is 0 Å². The number of nitrogens with zero attached hydrogens (tertiary/aromatic N) is 1.